The minimum atomic E-state index is -0.544. The van der Waals surface area contributed by atoms with E-state index in [9.17, 15) is 9.90 Å². The highest BCUT2D eigenvalue weighted by atomic mass is 16.4. The average Bonchev–Trinajstić information content (AvgIpc) is 2.42. The van der Waals surface area contributed by atoms with Crippen molar-refractivity contribution in [2.75, 3.05) is 0 Å². The first kappa shape index (κ1) is 16.5. The summed E-state index contributed by atoms with van der Waals surface area (Å²) in [6.45, 7) is 2.24. The molecule has 2 heteroatoms. The Kier molecular flexibility index (Phi) is 8.94. The smallest absolute Gasteiger partial charge is 0.306 e. The lowest BCUT2D eigenvalue weighted by Crippen LogP contribution is -2.25. The van der Waals surface area contributed by atoms with Crippen LogP contribution < -0.4 is 0 Å². The van der Waals surface area contributed by atoms with Crippen molar-refractivity contribution < 1.29 is 9.90 Å². The molecular weight excluding hydrogens is 236 g/mol. The van der Waals surface area contributed by atoms with Crippen LogP contribution in [0.15, 0.2) is 0 Å². The van der Waals surface area contributed by atoms with Crippen molar-refractivity contribution in [3.05, 3.63) is 0 Å². The zero-order valence-corrected chi connectivity index (χ0v) is 12.7. The van der Waals surface area contributed by atoms with Gasteiger partial charge in [0.25, 0.3) is 0 Å². The second-order valence-electron chi connectivity index (χ2n) is 6.25. The number of carboxylic acids is 1. The molecule has 0 aliphatic heterocycles. The lowest BCUT2D eigenvalue weighted by molar-refractivity contribution is -0.144. The summed E-state index contributed by atoms with van der Waals surface area (Å²) in [4.78, 5) is 11.4. The summed E-state index contributed by atoms with van der Waals surface area (Å²) < 4.78 is 0. The number of carbonyl (C=O) groups is 1. The molecule has 0 aromatic carbocycles. The van der Waals surface area contributed by atoms with Crippen LogP contribution in [-0.2, 0) is 4.79 Å². The molecule has 0 heterocycles. The van der Waals surface area contributed by atoms with Crippen LogP contribution >= 0.6 is 0 Å². The van der Waals surface area contributed by atoms with Gasteiger partial charge in [-0.1, -0.05) is 71.1 Å². The monoisotopic (exact) mass is 268 g/mol. The van der Waals surface area contributed by atoms with Gasteiger partial charge in [0.2, 0.25) is 0 Å². The third-order valence-corrected chi connectivity index (χ3v) is 4.65. The van der Waals surface area contributed by atoms with E-state index in [0.29, 0.717) is 5.92 Å². The molecule has 1 fully saturated rings. The van der Waals surface area contributed by atoms with Crippen LogP contribution in [0.3, 0.4) is 0 Å². The molecule has 0 aromatic rings. The molecule has 0 bridgehead atoms. The first-order valence-corrected chi connectivity index (χ1v) is 8.48. The van der Waals surface area contributed by atoms with E-state index in [1.54, 1.807) is 0 Å². The molecule has 0 aromatic heterocycles. The Labute approximate surface area is 119 Å². The fourth-order valence-electron chi connectivity index (χ4n) is 3.42. The number of aliphatic carboxylic acids is 1. The van der Waals surface area contributed by atoms with Gasteiger partial charge < -0.3 is 5.11 Å². The first-order chi connectivity index (χ1) is 9.25. The zero-order valence-electron chi connectivity index (χ0n) is 12.7. The van der Waals surface area contributed by atoms with Crippen LogP contribution in [0.1, 0.15) is 90.4 Å². The minimum Gasteiger partial charge on any atom is -0.481 e. The van der Waals surface area contributed by atoms with Crippen LogP contribution in [0.4, 0.5) is 0 Å². The van der Waals surface area contributed by atoms with Crippen molar-refractivity contribution in [3.63, 3.8) is 0 Å². The summed E-state index contributed by atoms with van der Waals surface area (Å²) in [6.07, 6.45) is 15.9. The minimum absolute atomic E-state index is 0.0593. The standard InChI is InChI=1S/C17H32O2/c1-2-3-4-5-6-7-11-14-16(17(18)19)15-12-9-8-10-13-15/h15-16H,2-14H2,1H3,(H,18,19). The van der Waals surface area contributed by atoms with Crippen molar-refractivity contribution in [1.29, 1.82) is 0 Å². The highest BCUT2D eigenvalue weighted by Gasteiger charge is 2.28. The predicted octanol–water partition coefficient (Wildman–Crippen LogP) is 5.41. The van der Waals surface area contributed by atoms with Gasteiger partial charge in [0, 0.05) is 0 Å². The molecule has 1 atom stereocenters. The molecule has 1 N–H and O–H groups in total. The number of hydrogen-bond donors (Lipinski definition) is 1. The van der Waals surface area contributed by atoms with Crippen LogP contribution in [0.5, 0.6) is 0 Å². The Morgan fingerprint density at radius 2 is 1.58 bits per heavy atom. The Morgan fingerprint density at radius 1 is 1.00 bits per heavy atom. The number of rotatable bonds is 10. The van der Waals surface area contributed by atoms with Gasteiger partial charge in [-0.2, -0.15) is 0 Å². The lowest BCUT2D eigenvalue weighted by atomic mass is 9.78. The molecule has 0 radical (unpaired) electrons. The maximum atomic E-state index is 11.4. The van der Waals surface area contributed by atoms with Crippen LogP contribution in [0.2, 0.25) is 0 Å². The fourth-order valence-corrected chi connectivity index (χ4v) is 3.42. The Hall–Kier alpha value is -0.530. The van der Waals surface area contributed by atoms with Crippen molar-refractivity contribution in [2.45, 2.75) is 90.4 Å². The van der Waals surface area contributed by atoms with E-state index < -0.39 is 5.97 Å². The van der Waals surface area contributed by atoms with E-state index in [-0.39, 0.29) is 5.92 Å². The first-order valence-electron chi connectivity index (χ1n) is 8.48. The SMILES string of the molecule is CCCCCCCCCC(C(=O)O)C1CCCCC1. The Balaban J connectivity index is 2.13. The van der Waals surface area contributed by atoms with E-state index in [1.165, 1.54) is 57.8 Å². The highest BCUT2D eigenvalue weighted by molar-refractivity contribution is 5.70. The Bertz CT molecular complexity index is 231. The van der Waals surface area contributed by atoms with Gasteiger partial charge in [0.05, 0.1) is 5.92 Å². The summed E-state index contributed by atoms with van der Waals surface area (Å²) in [5, 5.41) is 9.40. The van der Waals surface area contributed by atoms with E-state index in [2.05, 4.69) is 6.92 Å². The van der Waals surface area contributed by atoms with E-state index in [1.807, 2.05) is 0 Å². The second-order valence-corrected chi connectivity index (χ2v) is 6.25. The second kappa shape index (κ2) is 10.3. The third kappa shape index (κ3) is 6.98. The molecule has 1 aliphatic carbocycles. The van der Waals surface area contributed by atoms with Gasteiger partial charge in [0.15, 0.2) is 0 Å². The summed E-state index contributed by atoms with van der Waals surface area (Å²) in [5.74, 6) is -0.139. The van der Waals surface area contributed by atoms with Gasteiger partial charge in [-0.25, -0.2) is 0 Å². The topological polar surface area (TPSA) is 37.3 Å². The third-order valence-electron chi connectivity index (χ3n) is 4.65. The Morgan fingerprint density at radius 3 is 2.16 bits per heavy atom. The van der Waals surface area contributed by atoms with Crippen molar-refractivity contribution in [1.82, 2.24) is 0 Å². The maximum absolute atomic E-state index is 11.4. The molecule has 19 heavy (non-hydrogen) atoms. The van der Waals surface area contributed by atoms with Gasteiger partial charge in [-0.15, -0.1) is 0 Å². The molecule has 0 amide bonds. The van der Waals surface area contributed by atoms with Crippen LogP contribution in [0, 0.1) is 11.8 Å². The number of unbranched alkanes of at least 4 members (excludes halogenated alkanes) is 6. The summed E-state index contributed by atoms with van der Waals surface area (Å²) in [7, 11) is 0. The summed E-state index contributed by atoms with van der Waals surface area (Å²) in [5.41, 5.74) is 0. The van der Waals surface area contributed by atoms with Gasteiger partial charge in [-0.3, -0.25) is 4.79 Å². The number of carboxylic acid groups (broad SMARTS) is 1. The van der Waals surface area contributed by atoms with Gasteiger partial charge in [-0.05, 0) is 25.2 Å². The predicted molar refractivity (Wildman–Crippen MR) is 80.3 cm³/mol. The van der Waals surface area contributed by atoms with Crippen molar-refractivity contribution in [3.8, 4) is 0 Å². The molecule has 2 nitrogen and oxygen atoms in total. The van der Waals surface area contributed by atoms with Crippen molar-refractivity contribution >= 4 is 5.97 Å². The largest absolute Gasteiger partial charge is 0.481 e. The van der Waals surface area contributed by atoms with Gasteiger partial charge in [0.1, 0.15) is 0 Å². The number of hydrogen-bond acceptors (Lipinski definition) is 1. The molecule has 1 aliphatic rings. The quantitative estimate of drug-likeness (QED) is 0.538. The van der Waals surface area contributed by atoms with E-state index in [4.69, 9.17) is 0 Å². The molecular formula is C17H32O2. The zero-order chi connectivity index (χ0) is 13.9. The molecule has 1 rings (SSSR count). The van der Waals surface area contributed by atoms with Crippen molar-refractivity contribution in [2.24, 2.45) is 11.8 Å². The van der Waals surface area contributed by atoms with Crippen LogP contribution in [-0.4, -0.2) is 11.1 Å². The molecule has 1 unspecified atom stereocenters. The van der Waals surface area contributed by atoms with E-state index >= 15 is 0 Å². The molecule has 1 saturated carbocycles. The average molecular weight is 268 g/mol. The highest BCUT2D eigenvalue weighted by Crippen LogP contribution is 2.33. The normalized spacial score (nSPS) is 18.4. The lowest BCUT2D eigenvalue weighted by Gasteiger charge is -2.27. The van der Waals surface area contributed by atoms with Crippen LogP contribution in [0.25, 0.3) is 0 Å². The fraction of sp³-hybridized carbons (Fsp3) is 0.941. The summed E-state index contributed by atoms with van der Waals surface area (Å²) in [6, 6.07) is 0. The molecule has 0 saturated heterocycles. The summed E-state index contributed by atoms with van der Waals surface area (Å²) >= 11 is 0. The van der Waals surface area contributed by atoms with Gasteiger partial charge >= 0.3 is 5.97 Å². The maximum Gasteiger partial charge on any atom is 0.306 e. The molecule has 112 valence electrons. The molecule has 0 spiro atoms. The van der Waals surface area contributed by atoms with E-state index in [0.717, 1.165) is 25.7 Å².